The van der Waals surface area contributed by atoms with E-state index in [9.17, 15) is 23.1 Å². The van der Waals surface area contributed by atoms with Crippen LogP contribution < -0.4 is 4.74 Å². The van der Waals surface area contributed by atoms with Gasteiger partial charge >= 0.3 is 12.1 Å². The van der Waals surface area contributed by atoms with E-state index in [1.54, 1.807) is 36.4 Å². The maximum atomic E-state index is 13.0. The van der Waals surface area contributed by atoms with Gasteiger partial charge in [-0.15, -0.1) is 0 Å². The van der Waals surface area contributed by atoms with E-state index in [1.807, 2.05) is 18.2 Å². The Morgan fingerprint density at radius 3 is 2.60 bits per heavy atom. The number of hydrogen-bond acceptors (Lipinski definition) is 7. The molecular formula is C34H35F3N6O4. The third-order valence-corrected chi connectivity index (χ3v) is 9.24. The van der Waals surface area contributed by atoms with Gasteiger partial charge in [0.25, 0.3) is 0 Å². The smallest absolute Gasteiger partial charge is 0.408 e. The number of nitrogens with zero attached hydrogens (tertiary/aromatic N) is 6. The van der Waals surface area contributed by atoms with E-state index in [-0.39, 0.29) is 30.2 Å². The SMILES string of the molecule is C[C@@H](c1nc2ccc(C(=O)O)cc2n1C[C@@H]1CCO1)N1CCC(c2cccc(OCc3ccc4cnn(CC(F)(F)F)c4c3)n2)CC1. The van der Waals surface area contributed by atoms with E-state index in [2.05, 4.69) is 21.5 Å². The summed E-state index contributed by atoms with van der Waals surface area (Å²) in [6.07, 6.45) is -0.0689. The van der Waals surface area contributed by atoms with Crippen molar-refractivity contribution < 1.29 is 32.5 Å². The van der Waals surface area contributed by atoms with E-state index in [1.165, 1.54) is 6.20 Å². The molecular weight excluding hydrogens is 613 g/mol. The van der Waals surface area contributed by atoms with Crippen molar-refractivity contribution in [3.05, 3.63) is 83.4 Å². The van der Waals surface area contributed by atoms with Crippen LogP contribution in [0.4, 0.5) is 13.2 Å². The highest BCUT2D eigenvalue weighted by Crippen LogP contribution is 2.34. The van der Waals surface area contributed by atoms with Crippen molar-refractivity contribution in [3.8, 4) is 5.88 Å². The molecule has 0 bridgehead atoms. The number of fused-ring (bicyclic) bond motifs is 2. The minimum atomic E-state index is -4.36. The van der Waals surface area contributed by atoms with Gasteiger partial charge in [-0.1, -0.05) is 18.2 Å². The Balaban J connectivity index is 1.01. The van der Waals surface area contributed by atoms with E-state index >= 15 is 0 Å². The molecule has 2 aliphatic rings. The molecule has 2 saturated heterocycles. The van der Waals surface area contributed by atoms with E-state index in [0.29, 0.717) is 23.3 Å². The fourth-order valence-corrected chi connectivity index (χ4v) is 6.56. The lowest BCUT2D eigenvalue weighted by atomic mass is 9.92. The maximum absolute atomic E-state index is 13.0. The van der Waals surface area contributed by atoms with Crippen LogP contribution in [0.2, 0.25) is 0 Å². The molecule has 0 unspecified atom stereocenters. The number of carboxylic acid groups (broad SMARTS) is 1. The molecule has 2 atom stereocenters. The molecule has 2 aromatic carbocycles. The molecule has 10 nitrogen and oxygen atoms in total. The van der Waals surface area contributed by atoms with Gasteiger partial charge in [0, 0.05) is 29.7 Å². The number of hydrogen-bond donors (Lipinski definition) is 1. The van der Waals surface area contributed by atoms with E-state index in [0.717, 1.165) is 71.8 Å². The van der Waals surface area contributed by atoms with Gasteiger partial charge in [-0.25, -0.2) is 14.8 Å². The van der Waals surface area contributed by atoms with Crippen LogP contribution in [-0.4, -0.2) is 72.3 Å². The second-order valence-corrected chi connectivity index (χ2v) is 12.4. The van der Waals surface area contributed by atoms with Gasteiger partial charge in [0.2, 0.25) is 5.88 Å². The molecule has 5 heterocycles. The Kier molecular flexibility index (Phi) is 8.35. The van der Waals surface area contributed by atoms with Crippen LogP contribution in [0.25, 0.3) is 21.9 Å². The van der Waals surface area contributed by atoms with Crippen molar-refractivity contribution in [2.45, 2.75) is 70.1 Å². The number of aromatic carboxylic acids is 1. The molecule has 0 spiro atoms. The topological polar surface area (TPSA) is 108 Å². The summed E-state index contributed by atoms with van der Waals surface area (Å²) in [5.74, 6) is 0.656. The molecule has 2 fully saturated rings. The number of ether oxygens (including phenoxy) is 2. The molecule has 0 aliphatic carbocycles. The van der Waals surface area contributed by atoms with Crippen molar-refractivity contribution >= 4 is 27.9 Å². The van der Waals surface area contributed by atoms with Crippen molar-refractivity contribution in [3.63, 3.8) is 0 Å². The number of carboxylic acids is 1. The lowest BCUT2D eigenvalue weighted by Gasteiger charge is -2.36. The monoisotopic (exact) mass is 648 g/mol. The first-order valence-corrected chi connectivity index (χ1v) is 15.8. The standard InChI is InChI=1S/C34H35F3N6O4/c1-21(32-40-28-8-7-24(33(44)45)16-30(28)42(32)18-26-11-14-46-26)41-12-9-23(10-13-41)27-3-2-4-31(39-27)47-19-22-5-6-25-17-38-43(29(25)15-22)20-34(35,36)37/h2-8,15-17,21,23,26H,9-14,18-20H2,1H3,(H,44,45)/t21-,26-/m0/s1. The van der Waals surface area contributed by atoms with Crippen molar-refractivity contribution in [1.82, 2.24) is 29.2 Å². The highest BCUT2D eigenvalue weighted by Gasteiger charge is 2.31. The van der Waals surface area contributed by atoms with E-state index < -0.39 is 18.7 Å². The minimum absolute atomic E-state index is 0.0177. The molecule has 3 aromatic heterocycles. The van der Waals surface area contributed by atoms with Crippen LogP contribution in [-0.2, 0) is 24.4 Å². The zero-order valence-electron chi connectivity index (χ0n) is 25.9. The molecule has 1 N–H and O–H groups in total. The highest BCUT2D eigenvalue weighted by atomic mass is 19.4. The summed E-state index contributed by atoms with van der Waals surface area (Å²) in [4.78, 5) is 23.8. The number of rotatable bonds is 10. The average Bonchev–Trinajstić information content (AvgIpc) is 3.60. The Labute approximate surface area is 268 Å². The van der Waals surface area contributed by atoms with Crippen LogP contribution in [0.5, 0.6) is 5.88 Å². The molecule has 7 rings (SSSR count). The second kappa shape index (κ2) is 12.6. The van der Waals surface area contributed by atoms with Gasteiger partial charge in [-0.3, -0.25) is 9.58 Å². The second-order valence-electron chi connectivity index (χ2n) is 12.4. The summed E-state index contributed by atoms with van der Waals surface area (Å²) >= 11 is 0. The number of aromatic nitrogens is 5. The summed E-state index contributed by atoms with van der Waals surface area (Å²) in [6, 6.07) is 16.1. The quantitative estimate of drug-likeness (QED) is 0.187. The van der Waals surface area contributed by atoms with Gasteiger partial charge in [0.1, 0.15) is 19.0 Å². The Bertz CT molecular complexity index is 1910. The first-order valence-electron chi connectivity index (χ1n) is 15.8. The number of carbonyl (C=O) groups is 1. The first kappa shape index (κ1) is 31.1. The molecule has 2 aliphatic heterocycles. The molecule has 13 heteroatoms. The van der Waals surface area contributed by atoms with Gasteiger partial charge in [-0.05, 0) is 75.2 Å². The molecule has 0 saturated carbocycles. The van der Waals surface area contributed by atoms with Crippen molar-refractivity contribution in [2.75, 3.05) is 19.7 Å². The molecule has 47 heavy (non-hydrogen) atoms. The summed E-state index contributed by atoms with van der Waals surface area (Å²) in [6.45, 7) is 4.23. The van der Waals surface area contributed by atoms with Gasteiger partial charge in [0.05, 0.1) is 47.0 Å². The number of alkyl halides is 3. The Morgan fingerprint density at radius 1 is 1.06 bits per heavy atom. The van der Waals surface area contributed by atoms with Crippen molar-refractivity contribution in [2.24, 2.45) is 0 Å². The number of imidazole rings is 1. The van der Waals surface area contributed by atoms with Crippen LogP contribution in [0, 0.1) is 0 Å². The average molecular weight is 649 g/mol. The summed E-state index contributed by atoms with van der Waals surface area (Å²) in [5.41, 5.74) is 3.91. The van der Waals surface area contributed by atoms with Crippen molar-refractivity contribution in [1.29, 1.82) is 0 Å². The van der Waals surface area contributed by atoms with Crippen LogP contribution in [0.15, 0.2) is 60.8 Å². The number of halogens is 3. The molecule has 0 radical (unpaired) electrons. The fraction of sp³-hybridized carbons (Fsp3) is 0.412. The fourth-order valence-electron chi connectivity index (χ4n) is 6.56. The lowest BCUT2D eigenvalue weighted by molar-refractivity contribution is -0.141. The van der Waals surface area contributed by atoms with E-state index in [4.69, 9.17) is 19.4 Å². The zero-order valence-corrected chi connectivity index (χ0v) is 25.9. The van der Waals surface area contributed by atoms with Crippen LogP contribution >= 0.6 is 0 Å². The number of benzene rings is 2. The zero-order chi connectivity index (χ0) is 32.7. The predicted molar refractivity (Wildman–Crippen MR) is 167 cm³/mol. The maximum Gasteiger partial charge on any atom is 0.408 e. The number of pyridine rings is 1. The lowest BCUT2D eigenvalue weighted by Crippen LogP contribution is -2.37. The predicted octanol–water partition coefficient (Wildman–Crippen LogP) is 6.35. The summed E-state index contributed by atoms with van der Waals surface area (Å²) < 4.78 is 53.7. The molecule has 0 amide bonds. The third-order valence-electron chi connectivity index (χ3n) is 9.24. The normalized spacial score (nSPS) is 18.4. The highest BCUT2D eigenvalue weighted by molar-refractivity contribution is 5.92. The van der Waals surface area contributed by atoms with Gasteiger partial charge in [0.15, 0.2) is 0 Å². The number of likely N-dealkylation sites (tertiary alicyclic amines) is 1. The summed E-state index contributed by atoms with van der Waals surface area (Å²) in [5, 5.41) is 14.1. The molecule has 5 aromatic rings. The van der Waals surface area contributed by atoms with Crippen LogP contribution in [0.3, 0.4) is 0 Å². The first-order chi connectivity index (χ1) is 22.6. The largest absolute Gasteiger partial charge is 0.478 e. The Morgan fingerprint density at radius 2 is 1.87 bits per heavy atom. The summed E-state index contributed by atoms with van der Waals surface area (Å²) in [7, 11) is 0. The molecule has 246 valence electrons. The number of piperidine rings is 1. The minimum Gasteiger partial charge on any atom is -0.478 e. The third kappa shape index (κ3) is 6.68. The van der Waals surface area contributed by atoms with Crippen LogP contribution in [0.1, 0.15) is 65.6 Å². The van der Waals surface area contributed by atoms with Gasteiger partial charge in [-0.2, -0.15) is 18.3 Å². The van der Waals surface area contributed by atoms with Gasteiger partial charge < -0.3 is 19.1 Å². The Hall–Kier alpha value is -4.49.